The van der Waals surface area contributed by atoms with Crippen LogP contribution in [0.3, 0.4) is 0 Å². The van der Waals surface area contributed by atoms with Gasteiger partial charge in [0.1, 0.15) is 5.82 Å². The maximum absolute atomic E-state index is 13.7. The molecule has 0 heterocycles. The van der Waals surface area contributed by atoms with Gasteiger partial charge in [0.2, 0.25) is 6.41 Å². The largest absolute Gasteiger partial charge is 0.479 e. The van der Waals surface area contributed by atoms with E-state index < -0.39 is 17.3 Å². The van der Waals surface area contributed by atoms with Crippen LogP contribution in [-0.4, -0.2) is 29.4 Å². The molecule has 1 rings (SSSR count). The van der Waals surface area contributed by atoms with Crippen molar-refractivity contribution in [2.45, 2.75) is 12.5 Å². The van der Waals surface area contributed by atoms with Crippen LogP contribution in [0.25, 0.3) is 0 Å². The van der Waals surface area contributed by atoms with Gasteiger partial charge < -0.3 is 10.0 Å². The van der Waals surface area contributed by atoms with E-state index in [1.165, 1.54) is 26.1 Å². The Hall–Kier alpha value is -1.43. The molecule has 0 radical (unpaired) electrons. The Kier molecular flexibility index (Phi) is 3.87. The van der Waals surface area contributed by atoms with Crippen LogP contribution in [-0.2, 0) is 15.1 Å². The average Bonchev–Trinajstić information content (AvgIpc) is 2.29. The maximum atomic E-state index is 13.7. The monoisotopic (exact) mass is 303 g/mol. The fraction of sp³-hybridized carbons (Fsp3) is 0.273. The highest BCUT2D eigenvalue weighted by atomic mass is 79.9. The van der Waals surface area contributed by atoms with Gasteiger partial charge in [-0.2, -0.15) is 0 Å². The van der Waals surface area contributed by atoms with Gasteiger partial charge in [-0.1, -0.05) is 15.9 Å². The van der Waals surface area contributed by atoms with E-state index in [2.05, 4.69) is 15.9 Å². The van der Waals surface area contributed by atoms with E-state index in [1.54, 1.807) is 0 Å². The van der Waals surface area contributed by atoms with Crippen molar-refractivity contribution in [2.75, 3.05) is 7.05 Å². The lowest BCUT2D eigenvalue weighted by Gasteiger charge is -2.32. The predicted molar refractivity (Wildman–Crippen MR) is 62.9 cm³/mol. The number of carbonyl (C=O) groups is 2. The van der Waals surface area contributed by atoms with Crippen molar-refractivity contribution in [3.05, 3.63) is 34.1 Å². The van der Waals surface area contributed by atoms with Crippen LogP contribution < -0.4 is 0 Å². The first-order valence-electron chi connectivity index (χ1n) is 4.71. The van der Waals surface area contributed by atoms with E-state index in [-0.39, 0.29) is 5.56 Å². The molecule has 1 N–H and O–H groups in total. The molecular formula is C11H11BrFNO3. The van der Waals surface area contributed by atoms with E-state index in [1.807, 2.05) is 0 Å². The first kappa shape index (κ1) is 13.6. The molecule has 0 fully saturated rings. The first-order valence-corrected chi connectivity index (χ1v) is 5.50. The third-order valence-electron chi connectivity index (χ3n) is 2.73. The second-order valence-electron chi connectivity index (χ2n) is 3.72. The highest BCUT2D eigenvalue weighted by Gasteiger charge is 2.41. The van der Waals surface area contributed by atoms with Gasteiger partial charge in [-0.15, -0.1) is 0 Å². The number of likely N-dealkylation sites (N-methyl/N-ethyl adjacent to an activating group) is 1. The predicted octanol–water partition coefficient (Wildman–Crippen LogP) is 1.98. The maximum Gasteiger partial charge on any atom is 0.334 e. The lowest BCUT2D eigenvalue weighted by molar-refractivity contribution is -0.153. The minimum atomic E-state index is -1.74. The Morgan fingerprint density at radius 2 is 2.18 bits per heavy atom. The van der Waals surface area contributed by atoms with Crippen LogP contribution in [0.2, 0.25) is 0 Å². The lowest BCUT2D eigenvalue weighted by Crippen LogP contribution is -2.47. The molecule has 0 spiro atoms. The van der Waals surface area contributed by atoms with E-state index in [4.69, 9.17) is 0 Å². The number of halogens is 2. The van der Waals surface area contributed by atoms with Gasteiger partial charge in [-0.05, 0) is 25.1 Å². The number of hydrogen-bond donors (Lipinski definition) is 1. The molecule has 1 amide bonds. The number of benzene rings is 1. The summed E-state index contributed by atoms with van der Waals surface area (Å²) in [6.45, 7) is 1.27. The smallest absolute Gasteiger partial charge is 0.334 e. The third kappa shape index (κ3) is 2.31. The Morgan fingerprint density at radius 1 is 1.59 bits per heavy atom. The fourth-order valence-electron chi connectivity index (χ4n) is 1.43. The molecule has 1 aromatic carbocycles. The minimum Gasteiger partial charge on any atom is -0.479 e. The molecular weight excluding hydrogens is 293 g/mol. The van der Waals surface area contributed by atoms with Gasteiger partial charge in [0.25, 0.3) is 0 Å². The molecule has 0 aliphatic heterocycles. The quantitative estimate of drug-likeness (QED) is 0.865. The Bertz CT molecular complexity index is 466. The molecule has 17 heavy (non-hydrogen) atoms. The second kappa shape index (κ2) is 4.83. The standard InChI is InChI=1S/C11H11BrFNO3/c1-11(10(16)17,14(2)6-15)8-5-7(12)3-4-9(8)13/h3-6H,1-2H3,(H,16,17). The van der Waals surface area contributed by atoms with Crippen molar-refractivity contribution in [1.82, 2.24) is 4.90 Å². The molecule has 0 saturated carbocycles. The highest BCUT2D eigenvalue weighted by Crippen LogP contribution is 2.31. The van der Waals surface area contributed by atoms with Crippen LogP contribution >= 0.6 is 15.9 Å². The minimum absolute atomic E-state index is 0.0750. The number of hydrogen-bond acceptors (Lipinski definition) is 2. The van der Waals surface area contributed by atoms with Gasteiger partial charge in [-0.3, -0.25) is 4.79 Å². The summed E-state index contributed by atoms with van der Waals surface area (Å²) in [5, 5.41) is 9.22. The van der Waals surface area contributed by atoms with E-state index in [9.17, 15) is 19.1 Å². The van der Waals surface area contributed by atoms with Crippen molar-refractivity contribution in [3.8, 4) is 0 Å². The van der Waals surface area contributed by atoms with Gasteiger partial charge in [0.05, 0.1) is 0 Å². The summed E-state index contributed by atoms with van der Waals surface area (Å²) >= 11 is 3.14. The number of nitrogens with zero attached hydrogens (tertiary/aromatic N) is 1. The number of amides is 1. The molecule has 92 valence electrons. The zero-order valence-electron chi connectivity index (χ0n) is 9.28. The molecule has 1 unspecified atom stereocenters. The zero-order valence-corrected chi connectivity index (χ0v) is 10.9. The summed E-state index contributed by atoms with van der Waals surface area (Å²) in [5.41, 5.74) is -1.82. The molecule has 1 atom stereocenters. The van der Waals surface area contributed by atoms with E-state index in [0.29, 0.717) is 10.9 Å². The summed E-state index contributed by atoms with van der Waals surface area (Å²) in [6.07, 6.45) is 0.356. The van der Waals surface area contributed by atoms with Crippen LogP contribution in [0.1, 0.15) is 12.5 Å². The topological polar surface area (TPSA) is 57.6 Å². The van der Waals surface area contributed by atoms with Gasteiger partial charge in [0.15, 0.2) is 5.54 Å². The SMILES string of the molecule is CN(C=O)C(C)(C(=O)O)c1cc(Br)ccc1F. The van der Waals surface area contributed by atoms with Crippen molar-refractivity contribution in [1.29, 1.82) is 0 Å². The van der Waals surface area contributed by atoms with Crippen molar-refractivity contribution < 1.29 is 19.1 Å². The molecule has 0 aliphatic rings. The number of carbonyl (C=O) groups excluding carboxylic acids is 1. The molecule has 0 aromatic heterocycles. The number of rotatable bonds is 4. The van der Waals surface area contributed by atoms with Crippen molar-refractivity contribution in [3.63, 3.8) is 0 Å². The average molecular weight is 304 g/mol. The normalized spacial score (nSPS) is 13.9. The van der Waals surface area contributed by atoms with Gasteiger partial charge in [0, 0.05) is 17.1 Å². The van der Waals surface area contributed by atoms with Crippen molar-refractivity contribution >= 4 is 28.3 Å². The molecule has 1 aromatic rings. The fourth-order valence-corrected chi connectivity index (χ4v) is 1.79. The van der Waals surface area contributed by atoms with Crippen LogP contribution in [0.15, 0.2) is 22.7 Å². The second-order valence-corrected chi connectivity index (χ2v) is 4.63. The van der Waals surface area contributed by atoms with Gasteiger partial charge >= 0.3 is 5.97 Å². The molecule has 0 aliphatic carbocycles. The molecule has 6 heteroatoms. The Labute approximate surface area is 106 Å². The van der Waals surface area contributed by atoms with E-state index >= 15 is 0 Å². The highest BCUT2D eigenvalue weighted by molar-refractivity contribution is 9.10. The van der Waals surface area contributed by atoms with Crippen LogP contribution in [0.4, 0.5) is 4.39 Å². The number of carboxylic acids is 1. The molecule has 0 bridgehead atoms. The molecule has 4 nitrogen and oxygen atoms in total. The number of carboxylic acid groups (broad SMARTS) is 1. The zero-order chi connectivity index (χ0) is 13.2. The first-order chi connectivity index (χ1) is 7.83. The summed E-state index contributed by atoms with van der Waals surface area (Å²) in [5.74, 6) is -1.98. The van der Waals surface area contributed by atoms with E-state index in [0.717, 1.165) is 11.0 Å². The third-order valence-corrected chi connectivity index (χ3v) is 3.23. The van der Waals surface area contributed by atoms with Crippen LogP contribution in [0, 0.1) is 5.82 Å². The van der Waals surface area contributed by atoms with Crippen LogP contribution in [0.5, 0.6) is 0 Å². The lowest BCUT2D eigenvalue weighted by atomic mass is 9.90. The Morgan fingerprint density at radius 3 is 2.65 bits per heavy atom. The summed E-state index contributed by atoms with van der Waals surface area (Å²) in [7, 11) is 1.29. The van der Waals surface area contributed by atoms with Gasteiger partial charge in [-0.25, -0.2) is 9.18 Å². The van der Waals surface area contributed by atoms with Crippen molar-refractivity contribution in [2.24, 2.45) is 0 Å². The number of aliphatic carboxylic acids is 1. The summed E-state index contributed by atoms with van der Waals surface area (Å²) < 4.78 is 14.2. The Balaban J connectivity index is 3.47. The summed E-state index contributed by atoms with van der Waals surface area (Å²) in [6, 6.07) is 3.96. The summed E-state index contributed by atoms with van der Waals surface area (Å²) in [4.78, 5) is 23.0. The molecule has 0 saturated heterocycles.